The first-order valence-electron chi connectivity index (χ1n) is 5.24. The van der Waals surface area contributed by atoms with Crippen LogP contribution in [0.2, 0.25) is 0 Å². The normalized spacial score (nSPS) is 11.0. The zero-order valence-corrected chi connectivity index (χ0v) is 10.6. The molecule has 0 aliphatic rings. The lowest BCUT2D eigenvalue weighted by molar-refractivity contribution is 0.0606. The Hall–Kier alpha value is -2.15. The summed E-state index contributed by atoms with van der Waals surface area (Å²) in [6.07, 6.45) is 5.32. The van der Waals surface area contributed by atoms with Gasteiger partial charge in [0.05, 0.1) is 12.8 Å². The second kappa shape index (κ2) is 3.95. The molecular weight excluding hydrogens is 252 g/mol. The molecule has 3 heterocycles. The number of thiazole rings is 1. The molecule has 0 aromatic carbocycles. The number of carbonyl (C=O) groups excluding carboxylic acids is 1. The van der Waals surface area contributed by atoms with E-state index in [1.54, 1.807) is 17.1 Å². The summed E-state index contributed by atoms with van der Waals surface area (Å²) < 4.78 is 8.25. The van der Waals surface area contributed by atoms with Crippen LogP contribution < -0.4 is 0 Å². The predicted octanol–water partition coefficient (Wildman–Crippen LogP) is 1.58. The number of imidazole rings is 1. The van der Waals surface area contributed by atoms with E-state index >= 15 is 0 Å². The third-order valence-electron chi connectivity index (χ3n) is 2.63. The Labute approximate surface area is 106 Å². The van der Waals surface area contributed by atoms with Crippen LogP contribution in [0.4, 0.5) is 0 Å². The van der Waals surface area contributed by atoms with Gasteiger partial charge in [-0.3, -0.25) is 9.08 Å². The smallest absolute Gasteiger partial charge is 0.349 e. The summed E-state index contributed by atoms with van der Waals surface area (Å²) in [6, 6.07) is 1.90. The number of esters is 1. The summed E-state index contributed by atoms with van der Waals surface area (Å²) in [4.78, 5) is 17.1. The highest BCUT2D eigenvalue weighted by atomic mass is 32.1. The molecule has 0 unspecified atom stereocenters. The quantitative estimate of drug-likeness (QED) is 0.658. The van der Waals surface area contributed by atoms with Crippen molar-refractivity contribution in [3.05, 3.63) is 29.5 Å². The molecule has 0 atom stereocenters. The topological polar surface area (TPSA) is 61.4 Å². The van der Waals surface area contributed by atoms with E-state index in [9.17, 15) is 4.79 Å². The monoisotopic (exact) mass is 262 g/mol. The van der Waals surface area contributed by atoms with Crippen molar-refractivity contribution >= 4 is 22.3 Å². The van der Waals surface area contributed by atoms with Gasteiger partial charge in [0.1, 0.15) is 10.6 Å². The van der Waals surface area contributed by atoms with Crippen LogP contribution >= 0.6 is 11.3 Å². The van der Waals surface area contributed by atoms with Crippen LogP contribution in [-0.4, -0.2) is 32.2 Å². The van der Waals surface area contributed by atoms with Crippen LogP contribution in [0.15, 0.2) is 24.7 Å². The standard InChI is InChI=1S/C11H10N4O2S/c1-14-8(3-4-12-14)7-5-15-6-9(10(16)17-2)18-11(15)13-7/h3-6H,1-2H3. The molecule has 0 radical (unpaired) electrons. The number of rotatable bonds is 2. The fraction of sp³-hybridized carbons (Fsp3) is 0.182. The summed E-state index contributed by atoms with van der Waals surface area (Å²) in [6.45, 7) is 0. The number of nitrogens with zero attached hydrogens (tertiary/aromatic N) is 4. The largest absolute Gasteiger partial charge is 0.465 e. The molecule has 6 nitrogen and oxygen atoms in total. The Morgan fingerprint density at radius 2 is 2.28 bits per heavy atom. The number of methoxy groups -OCH3 is 1. The Kier molecular flexibility index (Phi) is 2.41. The third kappa shape index (κ3) is 1.60. The first-order chi connectivity index (χ1) is 8.69. The first-order valence-corrected chi connectivity index (χ1v) is 6.06. The summed E-state index contributed by atoms with van der Waals surface area (Å²) in [5.41, 5.74) is 1.77. The number of fused-ring (bicyclic) bond motifs is 1. The van der Waals surface area contributed by atoms with Crippen molar-refractivity contribution in [2.24, 2.45) is 7.05 Å². The zero-order chi connectivity index (χ0) is 12.7. The molecule has 0 spiro atoms. The fourth-order valence-corrected chi connectivity index (χ4v) is 2.62. The second-order valence-corrected chi connectivity index (χ2v) is 4.75. The van der Waals surface area contributed by atoms with Crippen LogP contribution in [0.25, 0.3) is 16.3 Å². The molecule has 0 saturated carbocycles. The maximum absolute atomic E-state index is 11.4. The van der Waals surface area contributed by atoms with Crippen molar-refractivity contribution in [3.8, 4) is 11.4 Å². The van der Waals surface area contributed by atoms with Crippen LogP contribution in [0.5, 0.6) is 0 Å². The maximum Gasteiger partial charge on any atom is 0.349 e. The van der Waals surface area contributed by atoms with E-state index in [0.717, 1.165) is 16.3 Å². The average molecular weight is 262 g/mol. The van der Waals surface area contributed by atoms with Crippen molar-refractivity contribution in [3.63, 3.8) is 0 Å². The highest BCUT2D eigenvalue weighted by Gasteiger charge is 2.14. The molecule has 3 aromatic rings. The Morgan fingerprint density at radius 3 is 2.89 bits per heavy atom. The minimum absolute atomic E-state index is 0.340. The molecule has 0 N–H and O–H groups in total. The van der Waals surface area contributed by atoms with Crippen LogP contribution in [-0.2, 0) is 11.8 Å². The van der Waals surface area contributed by atoms with Gasteiger partial charge in [-0.25, -0.2) is 9.78 Å². The Morgan fingerprint density at radius 1 is 1.44 bits per heavy atom. The lowest BCUT2D eigenvalue weighted by Gasteiger charge is -1.95. The summed E-state index contributed by atoms with van der Waals surface area (Å²) in [7, 11) is 3.23. The number of aromatic nitrogens is 4. The average Bonchev–Trinajstić information content (AvgIpc) is 3.00. The molecule has 0 saturated heterocycles. The Bertz CT molecular complexity index is 693. The fourth-order valence-electron chi connectivity index (χ4n) is 1.74. The SMILES string of the molecule is COC(=O)c1cn2cc(-c3ccnn3C)nc2s1. The van der Waals surface area contributed by atoms with E-state index in [0.29, 0.717) is 4.88 Å². The van der Waals surface area contributed by atoms with E-state index < -0.39 is 0 Å². The van der Waals surface area contributed by atoms with Gasteiger partial charge in [-0.1, -0.05) is 11.3 Å². The van der Waals surface area contributed by atoms with E-state index in [1.165, 1.54) is 18.4 Å². The molecule has 0 fully saturated rings. The zero-order valence-electron chi connectivity index (χ0n) is 9.82. The molecule has 0 bridgehead atoms. The maximum atomic E-state index is 11.4. The van der Waals surface area contributed by atoms with Gasteiger partial charge in [0.15, 0.2) is 4.96 Å². The van der Waals surface area contributed by atoms with Gasteiger partial charge in [-0.05, 0) is 6.07 Å². The van der Waals surface area contributed by atoms with Crippen molar-refractivity contribution in [1.82, 2.24) is 19.2 Å². The summed E-state index contributed by atoms with van der Waals surface area (Å²) >= 11 is 1.30. The molecule has 0 aliphatic carbocycles. The van der Waals surface area contributed by atoms with Crippen LogP contribution in [0.3, 0.4) is 0 Å². The predicted molar refractivity (Wildman–Crippen MR) is 66.6 cm³/mol. The number of carbonyl (C=O) groups is 1. The lowest BCUT2D eigenvalue weighted by Crippen LogP contribution is -1.97. The molecular formula is C11H10N4O2S. The second-order valence-electron chi connectivity index (χ2n) is 3.74. The van der Waals surface area contributed by atoms with E-state index in [-0.39, 0.29) is 5.97 Å². The van der Waals surface area contributed by atoms with Crippen LogP contribution in [0.1, 0.15) is 9.67 Å². The van der Waals surface area contributed by atoms with Crippen molar-refractivity contribution in [2.45, 2.75) is 0 Å². The van der Waals surface area contributed by atoms with Gasteiger partial charge in [0.25, 0.3) is 0 Å². The van der Waals surface area contributed by atoms with Crippen molar-refractivity contribution in [2.75, 3.05) is 7.11 Å². The number of hydrogen-bond acceptors (Lipinski definition) is 5. The van der Waals surface area contributed by atoms with Crippen LogP contribution in [0, 0.1) is 0 Å². The summed E-state index contributed by atoms with van der Waals surface area (Å²) in [5, 5.41) is 4.10. The van der Waals surface area contributed by atoms with E-state index in [2.05, 4.69) is 14.8 Å². The Balaban J connectivity index is 2.06. The number of ether oxygens (including phenoxy) is 1. The minimum atomic E-state index is -0.340. The van der Waals surface area contributed by atoms with Gasteiger partial charge >= 0.3 is 5.97 Å². The van der Waals surface area contributed by atoms with Gasteiger partial charge in [0.2, 0.25) is 0 Å². The molecule has 92 valence electrons. The van der Waals surface area contributed by atoms with Gasteiger partial charge in [-0.2, -0.15) is 5.10 Å². The molecule has 18 heavy (non-hydrogen) atoms. The number of hydrogen-bond donors (Lipinski definition) is 0. The molecule has 0 amide bonds. The molecule has 0 aliphatic heterocycles. The summed E-state index contributed by atoms with van der Waals surface area (Å²) in [5.74, 6) is -0.340. The molecule has 3 rings (SSSR count). The van der Waals surface area contributed by atoms with Crippen molar-refractivity contribution < 1.29 is 9.53 Å². The van der Waals surface area contributed by atoms with Crippen molar-refractivity contribution in [1.29, 1.82) is 0 Å². The first kappa shape index (κ1) is 11.0. The van der Waals surface area contributed by atoms with Gasteiger partial charge in [0, 0.05) is 25.6 Å². The minimum Gasteiger partial charge on any atom is -0.465 e. The number of aryl methyl sites for hydroxylation is 1. The highest BCUT2D eigenvalue weighted by molar-refractivity contribution is 7.18. The van der Waals surface area contributed by atoms with Gasteiger partial charge in [-0.15, -0.1) is 0 Å². The molecule has 7 heteroatoms. The lowest BCUT2D eigenvalue weighted by atomic mass is 10.3. The highest BCUT2D eigenvalue weighted by Crippen LogP contribution is 2.23. The van der Waals surface area contributed by atoms with E-state index in [1.807, 2.05) is 23.7 Å². The van der Waals surface area contributed by atoms with E-state index in [4.69, 9.17) is 0 Å². The van der Waals surface area contributed by atoms with Gasteiger partial charge < -0.3 is 4.74 Å². The third-order valence-corrected chi connectivity index (χ3v) is 3.60. The molecule has 3 aromatic heterocycles.